The molecule has 0 saturated carbocycles. The van der Waals surface area contributed by atoms with Gasteiger partial charge in [-0.05, 0) is 17.9 Å². The van der Waals surface area contributed by atoms with Gasteiger partial charge < -0.3 is 5.11 Å². The average Bonchev–Trinajstić information content (AvgIpc) is 2.79. The van der Waals surface area contributed by atoms with Gasteiger partial charge in [0.05, 0.1) is 5.52 Å². The van der Waals surface area contributed by atoms with Crippen LogP contribution in [0.3, 0.4) is 0 Å². The third kappa shape index (κ3) is 1.97. The second kappa shape index (κ2) is 4.77. The molecule has 0 aliphatic rings. The smallest absolute Gasteiger partial charge is 0.332 e. The molecule has 0 fully saturated rings. The van der Waals surface area contributed by atoms with Crippen LogP contribution in [0.2, 0.25) is 0 Å². The van der Waals surface area contributed by atoms with E-state index < -0.39 is 18.2 Å². The molecule has 2 aromatic heterocycles. The minimum Gasteiger partial charge on any atom is -0.480 e. The van der Waals surface area contributed by atoms with E-state index in [1.807, 2.05) is 6.92 Å². The normalized spacial score (nSPS) is 10.9. The second-order valence-electron chi connectivity index (χ2n) is 3.85. The molecule has 0 aliphatic carbocycles. The Kier molecular flexibility index (Phi) is 3.33. The molecule has 7 heteroatoms. The lowest BCUT2D eigenvalue weighted by Crippen LogP contribution is -2.40. The van der Waals surface area contributed by atoms with E-state index in [1.54, 1.807) is 11.4 Å². The number of carboxylic acids is 1. The monoisotopic (exact) mass is 268 g/mol. The highest BCUT2D eigenvalue weighted by Gasteiger charge is 2.15. The summed E-state index contributed by atoms with van der Waals surface area (Å²) in [5.41, 5.74) is -0.506. The number of hydrogen-bond donors (Lipinski definition) is 1. The molecule has 0 spiro atoms. The van der Waals surface area contributed by atoms with Crippen LogP contribution in [0.25, 0.3) is 10.2 Å². The van der Waals surface area contributed by atoms with Crippen LogP contribution in [0, 0.1) is 0 Å². The van der Waals surface area contributed by atoms with Crippen molar-refractivity contribution in [1.82, 2.24) is 9.13 Å². The van der Waals surface area contributed by atoms with E-state index in [1.165, 1.54) is 11.3 Å². The molecule has 0 saturated heterocycles. The van der Waals surface area contributed by atoms with Gasteiger partial charge in [0.2, 0.25) is 0 Å². The average molecular weight is 268 g/mol. The van der Waals surface area contributed by atoms with E-state index in [4.69, 9.17) is 5.11 Å². The second-order valence-corrected chi connectivity index (χ2v) is 4.77. The van der Waals surface area contributed by atoms with Crippen molar-refractivity contribution in [3.63, 3.8) is 0 Å². The predicted octanol–water partition coefficient (Wildman–Crippen LogP) is 0.719. The third-order valence-corrected chi connectivity index (χ3v) is 3.47. The highest BCUT2D eigenvalue weighted by atomic mass is 32.1. The third-order valence-electron chi connectivity index (χ3n) is 2.58. The molecule has 0 atom stereocenters. The van der Waals surface area contributed by atoms with Crippen molar-refractivity contribution in [2.45, 2.75) is 26.4 Å². The standard InChI is InChI=1S/C11H12N2O4S/c1-2-4-12-10(16)9-7(3-5-18-9)13(11(12)17)6-8(14)15/h3,5H,2,4,6H2,1H3,(H,14,15). The summed E-state index contributed by atoms with van der Waals surface area (Å²) in [6.45, 7) is 1.72. The first kappa shape index (κ1) is 12.6. The minimum absolute atomic E-state index is 0.297. The number of aliphatic carboxylic acids is 1. The van der Waals surface area contributed by atoms with Gasteiger partial charge in [-0.15, -0.1) is 11.3 Å². The van der Waals surface area contributed by atoms with Crippen LogP contribution in [0.5, 0.6) is 0 Å². The number of hydrogen-bond acceptors (Lipinski definition) is 4. The molecular formula is C11H12N2O4S. The number of fused-ring (bicyclic) bond motifs is 1. The van der Waals surface area contributed by atoms with Crippen molar-refractivity contribution in [2.75, 3.05) is 0 Å². The van der Waals surface area contributed by atoms with Gasteiger partial charge in [-0.25, -0.2) is 4.79 Å². The first-order valence-corrected chi connectivity index (χ1v) is 6.37. The summed E-state index contributed by atoms with van der Waals surface area (Å²) >= 11 is 1.22. The molecule has 96 valence electrons. The van der Waals surface area contributed by atoms with E-state index in [9.17, 15) is 14.4 Å². The van der Waals surface area contributed by atoms with Crippen LogP contribution < -0.4 is 11.2 Å². The molecule has 18 heavy (non-hydrogen) atoms. The number of aromatic nitrogens is 2. The summed E-state index contributed by atoms with van der Waals surface area (Å²) in [7, 11) is 0. The summed E-state index contributed by atoms with van der Waals surface area (Å²) in [4.78, 5) is 34.9. The Bertz CT molecular complexity index is 710. The van der Waals surface area contributed by atoms with Crippen molar-refractivity contribution in [1.29, 1.82) is 0 Å². The van der Waals surface area contributed by atoms with Gasteiger partial charge in [-0.1, -0.05) is 6.92 Å². The van der Waals surface area contributed by atoms with Gasteiger partial charge in [0.15, 0.2) is 0 Å². The summed E-state index contributed by atoms with van der Waals surface area (Å²) in [5, 5.41) is 10.5. The van der Waals surface area contributed by atoms with Crippen molar-refractivity contribution in [3.05, 3.63) is 32.3 Å². The quantitative estimate of drug-likeness (QED) is 0.885. The van der Waals surface area contributed by atoms with Crippen molar-refractivity contribution < 1.29 is 9.90 Å². The predicted molar refractivity (Wildman–Crippen MR) is 68.3 cm³/mol. The Balaban J connectivity index is 2.82. The van der Waals surface area contributed by atoms with Crippen molar-refractivity contribution >= 4 is 27.5 Å². The van der Waals surface area contributed by atoms with Crippen LogP contribution in [0.1, 0.15) is 13.3 Å². The molecular weight excluding hydrogens is 256 g/mol. The fraction of sp³-hybridized carbons (Fsp3) is 0.364. The van der Waals surface area contributed by atoms with E-state index in [2.05, 4.69) is 0 Å². The first-order valence-electron chi connectivity index (χ1n) is 5.49. The Morgan fingerprint density at radius 1 is 1.39 bits per heavy atom. The highest BCUT2D eigenvalue weighted by Crippen LogP contribution is 2.15. The van der Waals surface area contributed by atoms with Gasteiger partial charge in [0, 0.05) is 6.54 Å². The van der Waals surface area contributed by atoms with Gasteiger partial charge in [0.1, 0.15) is 11.2 Å². The Hall–Kier alpha value is -1.89. The molecule has 2 rings (SSSR count). The van der Waals surface area contributed by atoms with Crippen LogP contribution in [-0.2, 0) is 17.9 Å². The lowest BCUT2D eigenvalue weighted by Gasteiger charge is -2.09. The van der Waals surface area contributed by atoms with E-state index in [0.29, 0.717) is 23.2 Å². The van der Waals surface area contributed by atoms with Gasteiger partial charge in [-0.2, -0.15) is 0 Å². The molecule has 2 aromatic rings. The zero-order valence-corrected chi connectivity index (χ0v) is 10.6. The van der Waals surface area contributed by atoms with Crippen LogP contribution in [0.4, 0.5) is 0 Å². The first-order chi connectivity index (χ1) is 8.56. The number of nitrogens with zero attached hydrogens (tertiary/aromatic N) is 2. The van der Waals surface area contributed by atoms with Crippen molar-refractivity contribution in [2.24, 2.45) is 0 Å². The molecule has 6 nitrogen and oxygen atoms in total. The molecule has 2 heterocycles. The van der Waals surface area contributed by atoms with E-state index in [-0.39, 0.29) is 5.56 Å². The molecule has 0 radical (unpaired) electrons. The van der Waals surface area contributed by atoms with Crippen LogP contribution in [0.15, 0.2) is 21.0 Å². The Morgan fingerprint density at radius 2 is 2.11 bits per heavy atom. The largest absolute Gasteiger partial charge is 0.480 e. The molecule has 1 N–H and O–H groups in total. The summed E-state index contributed by atoms with van der Waals surface area (Å²) in [6.07, 6.45) is 0.638. The van der Waals surface area contributed by atoms with E-state index >= 15 is 0 Å². The zero-order chi connectivity index (χ0) is 13.3. The number of carboxylic acid groups (broad SMARTS) is 1. The molecule has 0 unspecified atom stereocenters. The molecule has 0 aliphatic heterocycles. The SMILES string of the molecule is CCCn1c(=O)c2sccc2n(CC(=O)O)c1=O. The van der Waals surface area contributed by atoms with Crippen LogP contribution in [-0.4, -0.2) is 20.2 Å². The Morgan fingerprint density at radius 3 is 2.72 bits per heavy atom. The lowest BCUT2D eigenvalue weighted by molar-refractivity contribution is -0.137. The lowest BCUT2D eigenvalue weighted by atomic mass is 10.4. The summed E-state index contributed by atoms with van der Waals surface area (Å²) in [5.74, 6) is -1.11. The van der Waals surface area contributed by atoms with E-state index in [0.717, 1.165) is 9.13 Å². The van der Waals surface area contributed by atoms with Crippen LogP contribution >= 0.6 is 11.3 Å². The fourth-order valence-electron chi connectivity index (χ4n) is 1.84. The Labute approximate surface area is 106 Å². The number of carbonyl (C=O) groups is 1. The minimum atomic E-state index is -1.11. The molecule has 0 amide bonds. The topological polar surface area (TPSA) is 81.3 Å². The van der Waals surface area contributed by atoms with Crippen molar-refractivity contribution in [3.8, 4) is 0 Å². The van der Waals surface area contributed by atoms with Gasteiger partial charge in [-0.3, -0.25) is 18.7 Å². The maximum absolute atomic E-state index is 12.1. The highest BCUT2D eigenvalue weighted by molar-refractivity contribution is 7.17. The number of thiophene rings is 1. The molecule has 0 aromatic carbocycles. The number of rotatable bonds is 4. The summed E-state index contributed by atoms with van der Waals surface area (Å²) < 4.78 is 2.65. The van der Waals surface area contributed by atoms with Gasteiger partial charge >= 0.3 is 11.7 Å². The zero-order valence-electron chi connectivity index (χ0n) is 9.75. The maximum atomic E-state index is 12.1. The van der Waals surface area contributed by atoms with Gasteiger partial charge in [0.25, 0.3) is 5.56 Å². The maximum Gasteiger partial charge on any atom is 0.332 e. The molecule has 0 bridgehead atoms. The summed E-state index contributed by atoms with van der Waals surface area (Å²) in [6, 6.07) is 1.60. The fourth-order valence-corrected chi connectivity index (χ4v) is 2.69.